The molecule has 0 atom stereocenters. The largest absolute Gasteiger partial charge is 0.399 e. The zero-order valence-corrected chi connectivity index (χ0v) is 12.0. The number of benzene rings is 2. The van der Waals surface area contributed by atoms with Gasteiger partial charge in [-0.2, -0.15) is 0 Å². The van der Waals surface area contributed by atoms with Gasteiger partial charge in [-0.15, -0.1) is 0 Å². The van der Waals surface area contributed by atoms with E-state index >= 15 is 0 Å². The summed E-state index contributed by atoms with van der Waals surface area (Å²) in [6.07, 6.45) is 6.01. The maximum atomic E-state index is 5.80. The Bertz CT molecular complexity index is 853. The predicted molar refractivity (Wildman–Crippen MR) is 92.4 cm³/mol. The summed E-state index contributed by atoms with van der Waals surface area (Å²) < 4.78 is 0. The number of nitrogen functional groups attached to an aromatic ring is 1. The molecule has 0 unspecified atom stereocenters. The number of hydrogen-bond donors (Lipinski definition) is 2. The Balaban J connectivity index is 1.92. The van der Waals surface area contributed by atoms with Crippen molar-refractivity contribution in [2.75, 3.05) is 22.5 Å². The average molecular weight is 288 g/mol. The van der Waals surface area contributed by atoms with Crippen LogP contribution in [-0.4, -0.2) is 11.5 Å². The monoisotopic (exact) mass is 288 g/mol. The summed E-state index contributed by atoms with van der Waals surface area (Å²) in [4.78, 5) is 6.70. The molecule has 2 heterocycles. The number of hydrogen-bond acceptors (Lipinski definition) is 4. The van der Waals surface area contributed by atoms with E-state index in [-0.39, 0.29) is 0 Å². The van der Waals surface area contributed by atoms with Gasteiger partial charge in [0.2, 0.25) is 0 Å². The quantitative estimate of drug-likeness (QED) is 0.667. The number of nitrogens with one attached hydrogen (secondary N) is 1. The van der Waals surface area contributed by atoms with Gasteiger partial charge in [0.25, 0.3) is 0 Å². The second-order valence-electron chi connectivity index (χ2n) is 5.26. The van der Waals surface area contributed by atoms with E-state index in [9.17, 15) is 0 Å². The molecule has 108 valence electrons. The molecule has 0 bridgehead atoms. The number of pyridine rings is 1. The molecule has 0 radical (unpaired) electrons. The minimum absolute atomic E-state index is 0.765. The predicted octanol–water partition coefficient (Wildman–Crippen LogP) is 3.89. The van der Waals surface area contributed by atoms with Crippen LogP contribution in [0.25, 0.3) is 10.9 Å². The molecule has 1 aliphatic heterocycles. The van der Waals surface area contributed by atoms with Crippen molar-refractivity contribution in [3.05, 3.63) is 67.0 Å². The van der Waals surface area contributed by atoms with Gasteiger partial charge in [0, 0.05) is 35.7 Å². The highest BCUT2D eigenvalue weighted by Crippen LogP contribution is 2.38. The van der Waals surface area contributed by atoms with Crippen LogP contribution in [0.15, 0.2) is 67.0 Å². The lowest BCUT2D eigenvalue weighted by atomic mass is 10.1. The number of nitrogens with zero attached hydrogens (tertiary/aromatic N) is 2. The topological polar surface area (TPSA) is 54.2 Å². The Kier molecular flexibility index (Phi) is 2.93. The molecular formula is C18H16N4. The van der Waals surface area contributed by atoms with E-state index in [1.165, 1.54) is 0 Å². The van der Waals surface area contributed by atoms with Gasteiger partial charge in [0.05, 0.1) is 16.9 Å². The minimum Gasteiger partial charge on any atom is -0.399 e. The molecule has 0 saturated heterocycles. The molecule has 3 N–H and O–H groups in total. The molecule has 2 aromatic carbocycles. The SMILES string of the molecule is Nc1ccc(N2C=CCNc3c2ccc2cccnc32)cc1. The third-order valence-corrected chi connectivity index (χ3v) is 3.83. The molecular weight excluding hydrogens is 272 g/mol. The molecule has 0 saturated carbocycles. The third-order valence-electron chi connectivity index (χ3n) is 3.83. The van der Waals surface area contributed by atoms with Gasteiger partial charge in [-0.05, 0) is 42.5 Å². The van der Waals surface area contributed by atoms with Crippen LogP contribution in [-0.2, 0) is 0 Å². The number of anilines is 4. The van der Waals surface area contributed by atoms with E-state index in [0.29, 0.717) is 0 Å². The van der Waals surface area contributed by atoms with Crippen LogP contribution >= 0.6 is 0 Å². The van der Waals surface area contributed by atoms with Crippen molar-refractivity contribution >= 4 is 33.7 Å². The first-order valence-electron chi connectivity index (χ1n) is 7.26. The zero-order chi connectivity index (χ0) is 14.9. The summed E-state index contributed by atoms with van der Waals surface area (Å²) in [5.74, 6) is 0. The molecule has 4 heteroatoms. The van der Waals surface area contributed by atoms with Gasteiger partial charge in [-0.1, -0.05) is 12.1 Å². The van der Waals surface area contributed by atoms with Gasteiger partial charge in [-0.25, -0.2) is 0 Å². The first-order chi connectivity index (χ1) is 10.8. The van der Waals surface area contributed by atoms with Crippen molar-refractivity contribution in [2.45, 2.75) is 0 Å². The number of rotatable bonds is 1. The van der Waals surface area contributed by atoms with Crippen LogP contribution in [0.2, 0.25) is 0 Å². The highest BCUT2D eigenvalue weighted by Gasteiger charge is 2.16. The van der Waals surface area contributed by atoms with E-state index in [0.717, 1.165) is 40.2 Å². The van der Waals surface area contributed by atoms with Crippen LogP contribution < -0.4 is 16.0 Å². The van der Waals surface area contributed by atoms with E-state index in [1.807, 2.05) is 36.5 Å². The zero-order valence-electron chi connectivity index (χ0n) is 12.0. The molecule has 4 rings (SSSR count). The van der Waals surface area contributed by atoms with Crippen LogP contribution in [0, 0.1) is 0 Å². The third kappa shape index (κ3) is 2.05. The average Bonchev–Trinajstić information content (AvgIpc) is 2.78. The van der Waals surface area contributed by atoms with Gasteiger partial charge in [0.15, 0.2) is 0 Å². The fourth-order valence-corrected chi connectivity index (χ4v) is 2.77. The van der Waals surface area contributed by atoms with E-state index in [4.69, 9.17) is 5.73 Å². The molecule has 0 fully saturated rings. The molecule has 0 spiro atoms. The lowest BCUT2D eigenvalue weighted by molar-refractivity contribution is 1.29. The molecule has 4 nitrogen and oxygen atoms in total. The fourth-order valence-electron chi connectivity index (χ4n) is 2.77. The molecule has 22 heavy (non-hydrogen) atoms. The van der Waals surface area contributed by atoms with Gasteiger partial charge in [0.1, 0.15) is 0 Å². The Morgan fingerprint density at radius 1 is 1.05 bits per heavy atom. The van der Waals surface area contributed by atoms with Gasteiger partial charge >= 0.3 is 0 Å². The summed E-state index contributed by atoms with van der Waals surface area (Å²) in [5, 5.41) is 4.60. The van der Waals surface area contributed by atoms with Crippen LogP contribution in [0.3, 0.4) is 0 Å². The fraction of sp³-hybridized carbons (Fsp3) is 0.0556. The smallest absolute Gasteiger partial charge is 0.0954 e. The Morgan fingerprint density at radius 2 is 1.91 bits per heavy atom. The molecule has 1 aliphatic rings. The van der Waals surface area contributed by atoms with E-state index < -0.39 is 0 Å². The summed E-state index contributed by atoms with van der Waals surface area (Å²) in [5.41, 5.74) is 10.8. The Labute approximate surface area is 128 Å². The second kappa shape index (κ2) is 5.07. The van der Waals surface area contributed by atoms with Crippen molar-refractivity contribution in [1.82, 2.24) is 4.98 Å². The minimum atomic E-state index is 0.765. The van der Waals surface area contributed by atoms with Gasteiger partial charge in [-0.3, -0.25) is 4.98 Å². The second-order valence-corrected chi connectivity index (χ2v) is 5.26. The van der Waals surface area contributed by atoms with Crippen molar-refractivity contribution < 1.29 is 0 Å². The van der Waals surface area contributed by atoms with Gasteiger partial charge < -0.3 is 16.0 Å². The van der Waals surface area contributed by atoms with Crippen molar-refractivity contribution in [2.24, 2.45) is 0 Å². The molecule has 0 aliphatic carbocycles. The first-order valence-corrected chi connectivity index (χ1v) is 7.26. The van der Waals surface area contributed by atoms with E-state index in [2.05, 4.69) is 45.7 Å². The van der Waals surface area contributed by atoms with Crippen LogP contribution in [0.4, 0.5) is 22.7 Å². The van der Waals surface area contributed by atoms with E-state index in [1.54, 1.807) is 0 Å². The standard InChI is InChI=1S/C18H16N4/c19-14-5-7-15(8-6-14)22-12-2-11-21-18-16(22)9-4-13-3-1-10-20-17(13)18/h1-10,12,21H,11,19H2. The van der Waals surface area contributed by atoms with Crippen molar-refractivity contribution in [1.29, 1.82) is 0 Å². The summed E-state index contributed by atoms with van der Waals surface area (Å²) in [6, 6.07) is 16.2. The molecule has 0 amide bonds. The first kappa shape index (κ1) is 12.7. The highest BCUT2D eigenvalue weighted by atomic mass is 15.1. The Hall–Kier alpha value is -3.01. The summed E-state index contributed by atoms with van der Waals surface area (Å²) in [7, 11) is 0. The van der Waals surface area contributed by atoms with Crippen molar-refractivity contribution in [3.8, 4) is 0 Å². The number of nitrogens with two attached hydrogens (primary N) is 1. The van der Waals surface area contributed by atoms with Crippen LogP contribution in [0.1, 0.15) is 0 Å². The summed E-state index contributed by atoms with van der Waals surface area (Å²) >= 11 is 0. The molecule has 3 aromatic rings. The maximum absolute atomic E-state index is 5.80. The Morgan fingerprint density at radius 3 is 2.77 bits per heavy atom. The maximum Gasteiger partial charge on any atom is 0.0954 e. The van der Waals surface area contributed by atoms with Crippen LogP contribution in [0.5, 0.6) is 0 Å². The number of fused-ring (bicyclic) bond motifs is 3. The lowest BCUT2D eigenvalue weighted by Gasteiger charge is -2.23. The lowest BCUT2D eigenvalue weighted by Crippen LogP contribution is -2.09. The highest BCUT2D eigenvalue weighted by molar-refractivity contribution is 5.99. The number of aromatic nitrogens is 1. The van der Waals surface area contributed by atoms with Crippen molar-refractivity contribution in [3.63, 3.8) is 0 Å². The normalized spacial score (nSPS) is 13.5. The molecule has 1 aromatic heterocycles. The summed E-state index contributed by atoms with van der Waals surface area (Å²) in [6.45, 7) is 0.772.